The zero-order chi connectivity index (χ0) is 14.1. The van der Waals surface area contributed by atoms with Crippen LogP contribution in [0.25, 0.3) is 0 Å². The van der Waals surface area contributed by atoms with Gasteiger partial charge in [0.05, 0.1) is 0 Å². The summed E-state index contributed by atoms with van der Waals surface area (Å²) in [4.78, 5) is 2.35. The number of benzene rings is 1. The summed E-state index contributed by atoms with van der Waals surface area (Å²) in [6.07, 6.45) is 4.75. The molecule has 1 aliphatic heterocycles. The fourth-order valence-electron chi connectivity index (χ4n) is 3.22. The molecule has 0 bridgehead atoms. The Morgan fingerprint density at radius 3 is 2.75 bits per heavy atom. The van der Waals surface area contributed by atoms with Gasteiger partial charge in [-0.05, 0) is 45.2 Å². The fraction of sp³-hybridized carbons (Fsp3) is 0.625. The lowest BCUT2D eigenvalue weighted by atomic mass is 10.0. The smallest absolute Gasteiger partial charge is 0.163 e. The van der Waals surface area contributed by atoms with Gasteiger partial charge in [0.25, 0.3) is 0 Å². The first-order valence-electron chi connectivity index (χ1n) is 7.60. The van der Waals surface area contributed by atoms with Crippen molar-refractivity contribution >= 4 is 0 Å². The van der Waals surface area contributed by atoms with Crippen LogP contribution < -0.4 is 5.32 Å². The number of hydrogen-bond acceptors (Lipinski definition) is 2. The number of halogens is 2. The van der Waals surface area contributed by atoms with Gasteiger partial charge in [-0.15, -0.1) is 0 Å². The zero-order valence-electron chi connectivity index (χ0n) is 11.9. The molecule has 2 nitrogen and oxygen atoms in total. The Morgan fingerprint density at radius 2 is 2.10 bits per heavy atom. The van der Waals surface area contributed by atoms with Crippen molar-refractivity contribution in [2.24, 2.45) is 0 Å². The molecule has 0 aromatic heterocycles. The van der Waals surface area contributed by atoms with Gasteiger partial charge in [0.15, 0.2) is 11.6 Å². The van der Waals surface area contributed by atoms with E-state index in [0.717, 1.165) is 13.1 Å². The first kappa shape index (κ1) is 14.0. The molecular formula is C16H22F2N2. The van der Waals surface area contributed by atoms with E-state index in [1.807, 2.05) is 6.92 Å². The van der Waals surface area contributed by atoms with Gasteiger partial charge < -0.3 is 5.32 Å². The van der Waals surface area contributed by atoms with Gasteiger partial charge in [-0.3, -0.25) is 4.90 Å². The molecule has 110 valence electrons. The minimum absolute atomic E-state index is 0.0689. The highest BCUT2D eigenvalue weighted by Gasteiger charge is 2.35. The summed E-state index contributed by atoms with van der Waals surface area (Å²) in [5.41, 5.74) is 0.481. The molecule has 1 saturated heterocycles. The summed E-state index contributed by atoms with van der Waals surface area (Å²) in [6, 6.07) is 5.46. The molecule has 0 amide bonds. The number of nitrogens with one attached hydrogen (secondary N) is 1. The van der Waals surface area contributed by atoms with Crippen LogP contribution >= 0.6 is 0 Å². The van der Waals surface area contributed by atoms with E-state index in [9.17, 15) is 8.78 Å². The van der Waals surface area contributed by atoms with Gasteiger partial charge in [-0.2, -0.15) is 0 Å². The minimum atomic E-state index is -0.746. The van der Waals surface area contributed by atoms with Crippen LogP contribution in [0.3, 0.4) is 0 Å². The van der Waals surface area contributed by atoms with Crippen molar-refractivity contribution in [2.75, 3.05) is 13.1 Å². The van der Waals surface area contributed by atoms with E-state index in [2.05, 4.69) is 10.2 Å². The van der Waals surface area contributed by atoms with Crippen LogP contribution in [-0.4, -0.2) is 30.1 Å². The molecule has 0 radical (unpaired) electrons. The lowest BCUT2D eigenvalue weighted by Crippen LogP contribution is -2.40. The van der Waals surface area contributed by atoms with E-state index in [4.69, 9.17) is 0 Å². The van der Waals surface area contributed by atoms with Crippen LogP contribution in [0.2, 0.25) is 0 Å². The van der Waals surface area contributed by atoms with Crippen molar-refractivity contribution < 1.29 is 8.78 Å². The van der Waals surface area contributed by atoms with Gasteiger partial charge in [0.2, 0.25) is 0 Å². The summed E-state index contributed by atoms with van der Waals surface area (Å²) in [5.74, 6) is -1.44. The lowest BCUT2D eigenvalue weighted by Gasteiger charge is -2.32. The molecule has 2 fully saturated rings. The SMILES string of the molecule is CC(c1cccc(F)c1F)N(CC1CCCN1)C1CC1. The first-order chi connectivity index (χ1) is 9.66. The van der Waals surface area contributed by atoms with E-state index >= 15 is 0 Å². The quantitative estimate of drug-likeness (QED) is 0.890. The first-order valence-corrected chi connectivity index (χ1v) is 7.60. The largest absolute Gasteiger partial charge is 0.313 e. The number of hydrogen-bond donors (Lipinski definition) is 1. The zero-order valence-corrected chi connectivity index (χ0v) is 11.9. The van der Waals surface area contributed by atoms with E-state index in [1.54, 1.807) is 12.1 Å². The molecule has 20 heavy (non-hydrogen) atoms. The van der Waals surface area contributed by atoms with Gasteiger partial charge in [0, 0.05) is 30.2 Å². The monoisotopic (exact) mass is 280 g/mol. The highest BCUT2D eigenvalue weighted by molar-refractivity contribution is 5.22. The maximum absolute atomic E-state index is 14.0. The standard InChI is InChI=1S/C16H22F2N2/c1-11(14-5-2-6-15(17)16(14)18)20(13-7-8-13)10-12-4-3-9-19-12/h2,5-6,11-13,19H,3-4,7-10H2,1H3. The van der Waals surface area contributed by atoms with Crippen molar-refractivity contribution in [3.8, 4) is 0 Å². The van der Waals surface area contributed by atoms with Gasteiger partial charge >= 0.3 is 0 Å². The van der Waals surface area contributed by atoms with Gasteiger partial charge in [-0.25, -0.2) is 8.78 Å². The number of nitrogens with zero attached hydrogens (tertiary/aromatic N) is 1. The summed E-state index contributed by atoms with van der Waals surface area (Å²) in [5, 5.41) is 3.49. The maximum atomic E-state index is 14.0. The van der Waals surface area contributed by atoms with Crippen molar-refractivity contribution in [3.63, 3.8) is 0 Å². The lowest BCUT2D eigenvalue weighted by molar-refractivity contribution is 0.178. The normalized spacial score (nSPS) is 24.3. The molecule has 1 heterocycles. The average Bonchev–Trinajstić information content (AvgIpc) is 3.15. The van der Waals surface area contributed by atoms with Crippen molar-refractivity contribution in [1.82, 2.24) is 10.2 Å². The fourth-order valence-corrected chi connectivity index (χ4v) is 3.22. The predicted octanol–water partition coefficient (Wildman–Crippen LogP) is 3.24. The molecular weight excluding hydrogens is 258 g/mol. The van der Waals surface area contributed by atoms with Crippen LogP contribution in [0.15, 0.2) is 18.2 Å². The van der Waals surface area contributed by atoms with Crippen LogP contribution in [0.4, 0.5) is 8.78 Å². The van der Waals surface area contributed by atoms with E-state index in [0.29, 0.717) is 17.6 Å². The van der Waals surface area contributed by atoms with Gasteiger partial charge in [0.1, 0.15) is 0 Å². The van der Waals surface area contributed by atoms with E-state index in [-0.39, 0.29) is 6.04 Å². The molecule has 1 N–H and O–H groups in total. The molecule has 3 rings (SSSR count). The van der Waals surface area contributed by atoms with Crippen LogP contribution in [-0.2, 0) is 0 Å². The second-order valence-corrected chi connectivity index (χ2v) is 6.04. The average molecular weight is 280 g/mol. The Balaban J connectivity index is 1.77. The Labute approximate surface area is 119 Å². The van der Waals surface area contributed by atoms with Crippen molar-refractivity contribution in [3.05, 3.63) is 35.4 Å². The molecule has 2 aliphatic rings. The van der Waals surface area contributed by atoms with Crippen LogP contribution in [0.1, 0.15) is 44.2 Å². The maximum Gasteiger partial charge on any atom is 0.163 e. The van der Waals surface area contributed by atoms with E-state index in [1.165, 1.54) is 31.7 Å². The molecule has 1 aromatic rings. The van der Waals surface area contributed by atoms with Crippen molar-refractivity contribution in [1.29, 1.82) is 0 Å². The number of rotatable bonds is 5. The third-order valence-corrected chi connectivity index (χ3v) is 4.54. The Kier molecular flexibility index (Phi) is 4.03. The highest BCUT2D eigenvalue weighted by Crippen LogP contribution is 2.35. The highest BCUT2D eigenvalue weighted by atomic mass is 19.2. The van der Waals surface area contributed by atoms with Gasteiger partial charge in [-0.1, -0.05) is 12.1 Å². The van der Waals surface area contributed by atoms with E-state index < -0.39 is 11.6 Å². The Hall–Kier alpha value is -1.00. The summed E-state index contributed by atoms with van der Waals surface area (Å²) in [6.45, 7) is 4.00. The Morgan fingerprint density at radius 1 is 1.30 bits per heavy atom. The molecule has 4 heteroatoms. The predicted molar refractivity (Wildman–Crippen MR) is 75.5 cm³/mol. The van der Waals surface area contributed by atoms with Crippen LogP contribution in [0.5, 0.6) is 0 Å². The minimum Gasteiger partial charge on any atom is -0.313 e. The summed E-state index contributed by atoms with van der Waals surface area (Å²) in [7, 11) is 0. The summed E-state index contributed by atoms with van der Waals surface area (Å²) >= 11 is 0. The molecule has 1 saturated carbocycles. The molecule has 2 atom stereocenters. The molecule has 2 unspecified atom stereocenters. The van der Waals surface area contributed by atoms with Crippen LogP contribution in [0, 0.1) is 11.6 Å². The second-order valence-electron chi connectivity index (χ2n) is 6.04. The third-order valence-electron chi connectivity index (χ3n) is 4.54. The topological polar surface area (TPSA) is 15.3 Å². The Bertz CT molecular complexity index is 468. The molecule has 0 spiro atoms. The molecule has 1 aliphatic carbocycles. The molecule has 1 aromatic carbocycles. The third kappa shape index (κ3) is 2.86. The second kappa shape index (κ2) is 5.78. The van der Waals surface area contributed by atoms with Crippen molar-refractivity contribution in [2.45, 2.75) is 50.7 Å². The summed E-state index contributed by atoms with van der Waals surface area (Å²) < 4.78 is 27.4.